The molecule has 0 saturated carbocycles. The van der Waals surface area contributed by atoms with Crippen LogP contribution >= 0.6 is 0 Å². The fraction of sp³-hybridized carbons (Fsp3) is 0.100. The van der Waals surface area contributed by atoms with Crippen LogP contribution in [0.4, 0.5) is 10.5 Å². The standard InChI is InChI=1S/C10H9N3O2/c1-12-9(14)8(11)13(10(12)15)7-5-3-2-4-6-7/h2-6,11H,1H3. The molecule has 0 radical (unpaired) electrons. The van der Waals surface area contributed by atoms with E-state index in [-0.39, 0.29) is 5.84 Å². The van der Waals surface area contributed by atoms with E-state index in [0.717, 1.165) is 9.80 Å². The van der Waals surface area contributed by atoms with E-state index < -0.39 is 11.9 Å². The quantitative estimate of drug-likeness (QED) is 0.693. The SMILES string of the molecule is CN1C(=O)C(=N)N(c2ccccc2)C1=O. The third-order valence-corrected chi connectivity index (χ3v) is 2.22. The summed E-state index contributed by atoms with van der Waals surface area (Å²) in [5.41, 5.74) is 0.533. The maximum absolute atomic E-state index is 11.6. The molecule has 5 heteroatoms. The Bertz CT molecular complexity index is 441. The fourth-order valence-electron chi connectivity index (χ4n) is 1.40. The van der Waals surface area contributed by atoms with Crippen LogP contribution in [0.5, 0.6) is 0 Å². The molecule has 1 N–H and O–H groups in total. The van der Waals surface area contributed by atoms with Crippen molar-refractivity contribution < 1.29 is 9.59 Å². The second-order valence-electron chi connectivity index (χ2n) is 3.17. The van der Waals surface area contributed by atoms with Gasteiger partial charge in [-0.25, -0.2) is 9.69 Å². The number of urea groups is 1. The van der Waals surface area contributed by atoms with Gasteiger partial charge in [0, 0.05) is 7.05 Å². The van der Waals surface area contributed by atoms with Crippen molar-refractivity contribution in [3.05, 3.63) is 30.3 Å². The Labute approximate surface area is 86.4 Å². The molecular formula is C10H9N3O2. The van der Waals surface area contributed by atoms with Crippen LogP contribution in [0.2, 0.25) is 0 Å². The predicted molar refractivity (Wildman–Crippen MR) is 54.8 cm³/mol. The normalized spacial score (nSPS) is 16.5. The van der Waals surface area contributed by atoms with Gasteiger partial charge in [-0.3, -0.25) is 15.1 Å². The van der Waals surface area contributed by atoms with Crippen molar-refractivity contribution in [2.45, 2.75) is 0 Å². The Morgan fingerprint density at radius 1 is 1.13 bits per heavy atom. The molecule has 1 aromatic carbocycles. The molecule has 3 amide bonds. The van der Waals surface area contributed by atoms with E-state index in [1.54, 1.807) is 30.3 Å². The zero-order valence-corrected chi connectivity index (χ0v) is 8.10. The van der Waals surface area contributed by atoms with E-state index in [1.807, 2.05) is 0 Å². The Kier molecular flexibility index (Phi) is 2.00. The van der Waals surface area contributed by atoms with Crippen LogP contribution in [-0.4, -0.2) is 29.7 Å². The number of hydrogen-bond donors (Lipinski definition) is 1. The molecule has 0 aromatic heterocycles. The zero-order valence-electron chi connectivity index (χ0n) is 8.10. The van der Waals surface area contributed by atoms with Gasteiger partial charge in [0.05, 0.1) is 5.69 Å². The Morgan fingerprint density at radius 3 is 2.20 bits per heavy atom. The average molecular weight is 203 g/mol. The summed E-state index contributed by atoms with van der Waals surface area (Å²) in [6.45, 7) is 0. The molecule has 0 spiro atoms. The average Bonchev–Trinajstić information content (AvgIpc) is 2.45. The molecule has 1 aliphatic heterocycles. The number of benzene rings is 1. The van der Waals surface area contributed by atoms with Gasteiger partial charge in [-0.2, -0.15) is 0 Å². The van der Waals surface area contributed by atoms with E-state index in [2.05, 4.69) is 0 Å². The predicted octanol–water partition coefficient (Wildman–Crippen LogP) is 1.06. The number of carbonyl (C=O) groups excluding carboxylic acids is 2. The summed E-state index contributed by atoms with van der Waals surface area (Å²) in [5, 5.41) is 7.52. The number of hydrogen-bond acceptors (Lipinski definition) is 3. The first kappa shape index (κ1) is 9.39. The van der Waals surface area contributed by atoms with Crippen molar-refractivity contribution in [3.63, 3.8) is 0 Å². The van der Waals surface area contributed by atoms with Crippen LogP contribution in [0.15, 0.2) is 30.3 Å². The molecule has 0 aliphatic carbocycles. The van der Waals surface area contributed by atoms with Gasteiger partial charge in [-0.05, 0) is 12.1 Å². The second-order valence-corrected chi connectivity index (χ2v) is 3.17. The number of para-hydroxylation sites is 1. The molecule has 76 valence electrons. The van der Waals surface area contributed by atoms with Gasteiger partial charge in [0.25, 0.3) is 5.91 Å². The van der Waals surface area contributed by atoms with E-state index >= 15 is 0 Å². The summed E-state index contributed by atoms with van der Waals surface area (Å²) in [6, 6.07) is 8.17. The minimum Gasteiger partial charge on any atom is -0.279 e. The molecular weight excluding hydrogens is 194 g/mol. The first-order chi connectivity index (χ1) is 7.13. The Balaban J connectivity index is 2.44. The van der Waals surface area contributed by atoms with E-state index in [4.69, 9.17) is 5.41 Å². The topological polar surface area (TPSA) is 64.5 Å². The van der Waals surface area contributed by atoms with Crippen LogP contribution < -0.4 is 4.90 Å². The van der Waals surface area contributed by atoms with Gasteiger partial charge < -0.3 is 0 Å². The summed E-state index contributed by atoms with van der Waals surface area (Å²) < 4.78 is 0. The molecule has 0 atom stereocenters. The Hall–Kier alpha value is -2.17. The number of rotatable bonds is 1. The van der Waals surface area contributed by atoms with Crippen molar-refractivity contribution in [1.29, 1.82) is 5.41 Å². The largest absolute Gasteiger partial charge is 0.337 e. The van der Waals surface area contributed by atoms with Crippen LogP contribution in [0.1, 0.15) is 0 Å². The summed E-state index contributed by atoms with van der Waals surface area (Å²) in [6.07, 6.45) is 0. The van der Waals surface area contributed by atoms with Crippen molar-refractivity contribution in [3.8, 4) is 0 Å². The lowest BCUT2D eigenvalue weighted by molar-refractivity contribution is -0.119. The van der Waals surface area contributed by atoms with Crippen molar-refractivity contribution in [2.75, 3.05) is 11.9 Å². The van der Waals surface area contributed by atoms with Crippen molar-refractivity contribution >= 4 is 23.5 Å². The van der Waals surface area contributed by atoms with Crippen LogP contribution in [0.25, 0.3) is 0 Å². The number of imide groups is 1. The summed E-state index contributed by atoms with van der Waals surface area (Å²) in [4.78, 5) is 25.0. The lowest BCUT2D eigenvalue weighted by Crippen LogP contribution is -2.30. The molecule has 1 saturated heterocycles. The molecule has 1 fully saturated rings. The van der Waals surface area contributed by atoms with Crippen LogP contribution in [-0.2, 0) is 4.79 Å². The number of anilines is 1. The van der Waals surface area contributed by atoms with Gasteiger partial charge in [-0.1, -0.05) is 18.2 Å². The Morgan fingerprint density at radius 2 is 1.73 bits per heavy atom. The second kappa shape index (κ2) is 3.20. The number of nitrogens with zero attached hydrogens (tertiary/aromatic N) is 2. The van der Waals surface area contributed by atoms with E-state index in [0.29, 0.717) is 5.69 Å². The number of amides is 3. The van der Waals surface area contributed by atoms with Gasteiger partial charge >= 0.3 is 6.03 Å². The van der Waals surface area contributed by atoms with Crippen molar-refractivity contribution in [2.24, 2.45) is 0 Å². The molecule has 5 nitrogen and oxygen atoms in total. The molecule has 15 heavy (non-hydrogen) atoms. The number of carbonyl (C=O) groups is 2. The third kappa shape index (κ3) is 1.28. The third-order valence-electron chi connectivity index (χ3n) is 2.22. The van der Waals surface area contributed by atoms with Gasteiger partial charge in [0.15, 0.2) is 0 Å². The molecule has 2 rings (SSSR count). The number of amidine groups is 1. The first-order valence-electron chi connectivity index (χ1n) is 4.38. The highest BCUT2D eigenvalue weighted by Gasteiger charge is 2.39. The molecule has 1 heterocycles. The lowest BCUT2D eigenvalue weighted by atomic mass is 10.3. The highest BCUT2D eigenvalue weighted by molar-refractivity contribution is 6.53. The van der Waals surface area contributed by atoms with Gasteiger partial charge in [-0.15, -0.1) is 0 Å². The lowest BCUT2D eigenvalue weighted by Gasteiger charge is -2.13. The molecule has 1 aromatic rings. The highest BCUT2D eigenvalue weighted by Crippen LogP contribution is 2.20. The van der Waals surface area contributed by atoms with Gasteiger partial charge in [0.1, 0.15) is 0 Å². The number of likely N-dealkylation sites (N-methyl/N-ethyl adjacent to an activating group) is 1. The molecule has 0 unspecified atom stereocenters. The fourth-order valence-corrected chi connectivity index (χ4v) is 1.40. The summed E-state index contributed by atoms with van der Waals surface area (Å²) in [5.74, 6) is -0.891. The highest BCUT2D eigenvalue weighted by atomic mass is 16.2. The summed E-state index contributed by atoms with van der Waals surface area (Å²) >= 11 is 0. The molecule has 0 bridgehead atoms. The van der Waals surface area contributed by atoms with Crippen LogP contribution in [0.3, 0.4) is 0 Å². The maximum atomic E-state index is 11.6. The maximum Gasteiger partial charge on any atom is 0.337 e. The minimum atomic E-state index is -0.580. The van der Waals surface area contributed by atoms with E-state index in [9.17, 15) is 9.59 Å². The minimum absolute atomic E-state index is 0.311. The van der Waals surface area contributed by atoms with Crippen molar-refractivity contribution in [1.82, 2.24) is 4.90 Å². The number of nitrogens with one attached hydrogen (secondary N) is 1. The van der Waals surface area contributed by atoms with Gasteiger partial charge in [0.2, 0.25) is 5.84 Å². The smallest absolute Gasteiger partial charge is 0.279 e. The van der Waals surface area contributed by atoms with Crippen LogP contribution in [0, 0.1) is 5.41 Å². The van der Waals surface area contributed by atoms with E-state index in [1.165, 1.54) is 7.05 Å². The monoisotopic (exact) mass is 203 g/mol. The first-order valence-corrected chi connectivity index (χ1v) is 4.38. The zero-order chi connectivity index (χ0) is 11.0. The molecule has 1 aliphatic rings. The summed E-state index contributed by atoms with van der Waals surface area (Å²) in [7, 11) is 1.36.